The molecule has 0 aliphatic heterocycles. The molecule has 0 radical (unpaired) electrons. The maximum absolute atomic E-state index is 11.6. The summed E-state index contributed by atoms with van der Waals surface area (Å²) in [6.45, 7) is 4.67. The molecule has 0 saturated heterocycles. The predicted molar refractivity (Wildman–Crippen MR) is 181 cm³/mol. The molecule has 40 heavy (non-hydrogen) atoms. The van der Waals surface area contributed by atoms with Crippen LogP contribution in [-0.4, -0.2) is 47.4 Å². The zero-order valence-electron chi connectivity index (χ0n) is 24.1. The van der Waals surface area contributed by atoms with Gasteiger partial charge in [-0.3, -0.25) is 9.59 Å². The molecule has 0 bridgehead atoms. The molecule has 0 aliphatic rings. The molecule has 1 atom stereocenters. The number of hydrogen-bond donors (Lipinski definition) is 2. The van der Waals surface area contributed by atoms with Gasteiger partial charge in [-0.25, -0.2) is 0 Å². The smallest absolute Gasteiger partial charge is 0.306 e. The normalized spacial score (nSPS) is 9.22. The molecule has 0 unspecified atom stereocenters. The highest BCUT2D eigenvalue weighted by atomic mass is 32.2. The van der Waals surface area contributed by atoms with Gasteiger partial charge < -0.3 is 19.7 Å². The standard InChI is InChI=1S/C18H36O5.C15H6OS.9H2/c1-2-3-4-5-6-7-8-9-10-11-12-13-18(21)23-17(14-19)15-22-16-20;1-3-4-5-6-7-8-9-10-11-12-13-14-17-15(2)16;;;;;;;;;/h17,19-20H,2-16H2,1H3;1-2H3;9*1H/t17-;;;;;;;;;;/m1........../s1. The van der Waals surface area contributed by atoms with Crippen LogP contribution in [0.4, 0.5) is 0 Å². The lowest BCUT2D eigenvalue weighted by molar-refractivity contribution is -0.157. The van der Waals surface area contributed by atoms with E-state index in [4.69, 9.17) is 19.7 Å². The number of aliphatic hydroxyl groups is 2. The van der Waals surface area contributed by atoms with Crippen molar-refractivity contribution in [3.8, 4) is 70.4 Å². The van der Waals surface area contributed by atoms with E-state index in [2.05, 4.69) is 77.3 Å². The lowest BCUT2D eigenvalue weighted by Gasteiger charge is -2.14. The summed E-state index contributed by atoms with van der Waals surface area (Å²) in [5, 5.41) is 20.0. The number of rotatable bonds is 17. The Balaban J connectivity index is -0.0000000568. The van der Waals surface area contributed by atoms with Crippen LogP contribution in [0.2, 0.25) is 0 Å². The second-order valence-corrected chi connectivity index (χ2v) is 9.26. The molecule has 2 N–H and O–H groups in total. The minimum atomic E-state index is -0.678. The molecule has 0 aromatic heterocycles. The van der Waals surface area contributed by atoms with Gasteiger partial charge in [0.25, 0.3) is 0 Å². The van der Waals surface area contributed by atoms with E-state index < -0.39 is 12.9 Å². The van der Waals surface area contributed by atoms with Gasteiger partial charge in [0.1, 0.15) is 12.9 Å². The van der Waals surface area contributed by atoms with E-state index >= 15 is 0 Å². The van der Waals surface area contributed by atoms with Crippen molar-refractivity contribution in [2.75, 3.05) is 20.0 Å². The quantitative estimate of drug-likeness (QED) is 0.0820. The minimum absolute atomic E-state index is 0. The van der Waals surface area contributed by atoms with Crippen molar-refractivity contribution in [3.63, 3.8) is 0 Å². The van der Waals surface area contributed by atoms with E-state index in [-0.39, 0.29) is 37.1 Å². The predicted octanol–water partition coefficient (Wildman–Crippen LogP) is 7.04. The lowest BCUT2D eigenvalue weighted by Crippen LogP contribution is -2.27. The van der Waals surface area contributed by atoms with Gasteiger partial charge in [0.05, 0.1) is 13.2 Å². The molecule has 0 saturated carbocycles. The molecule has 0 heterocycles. The maximum atomic E-state index is 11.6. The lowest BCUT2D eigenvalue weighted by atomic mass is 10.1. The number of esters is 1. The first-order valence-electron chi connectivity index (χ1n) is 13.6. The Morgan fingerprint density at radius 3 is 1.68 bits per heavy atom. The van der Waals surface area contributed by atoms with Crippen LogP contribution in [0.25, 0.3) is 0 Å². The van der Waals surface area contributed by atoms with Gasteiger partial charge in [0, 0.05) is 37.9 Å². The molecular formula is C33H60O6S. The molecule has 0 rings (SSSR count). The Bertz CT molecular complexity index is 1090. The molecule has 0 fully saturated rings. The first-order chi connectivity index (χ1) is 19.5. The Hall–Kier alpha value is -3.27. The summed E-state index contributed by atoms with van der Waals surface area (Å²) in [4.78, 5) is 22.1. The Labute approximate surface area is 259 Å². The van der Waals surface area contributed by atoms with Crippen molar-refractivity contribution >= 4 is 22.8 Å². The summed E-state index contributed by atoms with van der Waals surface area (Å²) in [5.41, 5.74) is 0. The molecule has 234 valence electrons. The fourth-order valence-electron chi connectivity index (χ4n) is 2.92. The number of carbonyl (C=O) groups excluding carboxylic acids is 2. The molecule has 0 spiro atoms. The van der Waals surface area contributed by atoms with Crippen molar-refractivity contribution in [2.24, 2.45) is 0 Å². The highest BCUT2D eigenvalue weighted by molar-refractivity contribution is 8.17. The van der Waals surface area contributed by atoms with Crippen molar-refractivity contribution in [1.82, 2.24) is 0 Å². The molecule has 6 nitrogen and oxygen atoms in total. The molecular weight excluding hydrogens is 524 g/mol. The topological polar surface area (TPSA) is 93.1 Å². The van der Waals surface area contributed by atoms with Gasteiger partial charge in [-0.15, -0.1) is 0 Å². The van der Waals surface area contributed by atoms with Gasteiger partial charge >= 0.3 is 5.97 Å². The van der Waals surface area contributed by atoms with Crippen molar-refractivity contribution in [3.05, 3.63) is 0 Å². The third kappa shape index (κ3) is 34.7. The van der Waals surface area contributed by atoms with Crippen molar-refractivity contribution in [2.45, 2.75) is 104 Å². The summed E-state index contributed by atoms with van der Waals surface area (Å²) in [6, 6.07) is 0. The average Bonchev–Trinajstić information content (AvgIpc) is 2.94. The Morgan fingerprint density at radius 1 is 0.750 bits per heavy atom. The molecule has 0 aliphatic carbocycles. The summed E-state index contributed by atoms with van der Waals surface area (Å²) >= 11 is 0.901. The second-order valence-electron chi connectivity index (χ2n) is 8.28. The third-order valence-corrected chi connectivity index (χ3v) is 5.31. The Kier molecular flexibility index (Phi) is 32.8. The number of thioether (sulfide) groups is 1. The first-order valence-corrected chi connectivity index (χ1v) is 14.4. The van der Waals surface area contributed by atoms with Crippen molar-refractivity contribution in [1.29, 1.82) is 0 Å². The number of hydrogen-bond acceptors (Lipinski definition) is 7. The number of aliphatic hydroxyl groups excluding tert-OH is 2. The highest BCUT2D eigenvalue weighted by Gasteiger charge is 2.13. The van der Waals surface area contributed by atoms with Crippen LogP contribution in [0, 0.1) is 70.4 Å². The van der Waals surface area contributed by atoms with E-state index in [0.717, 1.165) is 24.6 Å². The minimum Gasteiger partial charge on any atom is -0.457 e. The zero-order chi connectivity index (χ0) is 29.9. The van der Waals surface area contributed by atoms with Crippen LogP contribution in [0.3, 0.4) is 0 Å². The highest BCUT2D eigenvalue weighted by Crippen LogP contribution is 2.12. The van der Waals surface area contributed by atoms with E-state index in [1.807, 2.05) is 0 Å². The summed E-state index contributed by atoms with van der Waals surface area (Å²) in [5.74, 6) is 27.2. The SMILES string of the molecule is CC#CC#CC#CC#CC#CC#CSC(C)=O.CCCCCCCCCCCCCC(=O)O[C@H](CO)COCO.[HH].[HH].[HH].[HH].[HH].[HH].[HH].[HH].[HH]. The number of carbonyl (C=O) groups is 2. The number of unbranched alkanes of at least 4 members (excludes halogenated alkanes) is 10. The maximum Gasteiger partial charge on any atom is 0.306 e. The molecule has 0 aromatic carbocycles. The second kappa shape index (κ2) is 33.8. The summed E-state index contributed by atoms with van der Waals surface area (Å²) in [6.07, 6.45) is 13.4. The van der Waals surface area contributed by atoms with E-state index in [0.29, 0.717) is 6.42 Å². The van der Waals surface area contributed by atoms with Gasteiger partial charge in [0.15, 0.2) is 5.12 Å². The average molecular weight is 585 g/mol. The van der Waals surface area contributed by atoms with Gasteiger partial charge in [-0.1, -0.05) is 77.1 Å². The fourth-order valence-corrected chi connectivity index (χ4v) is 3.17. The van der Waals surface area contributed by atoms with E-state index in [1.54, 1.807) is 6.92 Å². The number of ether oxygens (including phenoxy) is 2. The molecule has 7 heteroatoms. The monoisotopic (exact) mass is 584 g/mol. The first kappa shape index (κ1) is 38.9. The summed E-state index contributed by atoms with van der Waals surface area (Å²) in [7, 11) is 0. The van der Waals surface area contributed by atoms with Gasteiger partial charge in [-0.05, 0) is 77.8 Å². The van der Waals surface area contributed by atoms with Crippen molar-refractivity contribution < 1.29 is 42.1 Å². The molecule has 0 amide bonds. The Morgan fingerprint density at radius 2 is 1.23 bits per heavy atom. The van der Waals surface area contributed by atoms with E-state index in [9.17, 15) is 9.59 Å². The van der Waals surface area contributed by atoms with Crippen LogP contribution >= 0.6 is 11.8 Å². The fraction of sp³-hybridized carbons (Fsp3) is 0.576. The van der Waals surface area contributed by atoms with Crippen LogP contribution in [-0.2, 0) is 19.1 Å². The van der Waals surface area contributed by atoms with Crippen LogP contribution in [0.1, 0.15) is 111 Å². The van der Waals surface area contributed by atoms with Gasteiger partial charge in [0.2, 0.25) is 0 Å². The van der Waals surface area contributed by atoms with E-state index in [1.165, 1.54) is 64.7 Å². The molecule has 0 aromatic rings. The third-order valence-electron chi connectivity index (χ3n) is 4.81. The summed E-state index contributed by atoms with van der Waals surface area (Å²) < 4.78 is 9.79. The van der Waals surface area contributed by atoms with Crippen LogP contribution < -0.4 is 0 Å². The zero-order valence-corrected chi connectivity index (χ0v) is 24.9. The van der Waals surface area contributed by atoms with Gasteiger partial charge in [-0.2, -0.15) is 0 Å². The van der Waals surface area contributed by atoms with Crippen LogP contribution in [0.5, 0.6) is 0 Å². The largest absolute Gasteiger partial charge is 0.457 e. The van der Waals surface area contributed by atoms with Crippen LogP contribution in [0.15, 0.2) is 0 Å².